The van der Waals surface area contributed by atoms with Crippen LogP contribution in [-0.2, 0) is 6.54 Å². The maximum atomic E-state index is 4.80. The van der Waals surface area contributed by atoms with Gasteiger partial charge in [-0.05, 0) is 37.4 Å². The Labute approximate surface area is 202 Å². The second-order valence-corrected chi connectivity index (χ2v) is 8.95. The SMILES string of the molecule is CCNCc1cncc(-c2cc3c(-c4nc5nccc(N6CCN(C)CC6)c5[nH]4)n[nH]c3cn2)c1. The van der Waals surface area contributed by atoms with Gasteiger partial charge in [-0.3, -0.25) is 15.1 Å². The van der Waals surface area contributed by atoms with Crippen LogP contribution < -0.4 is 10.2 Å². The number of aromatic amines is 2. The lowest BCUT2D eigenvalue weighted by atomic mass is 10.1. The summed E-state index contributed by atoms with van der Waals surface area (Å²) in [6.07, 6.45) is 7.37. The summed E-state index contributed by atoms with van der Waals surface area (Å²) in [6.45, 7) is 7.81. The monoisotopic (exact) mass is 468 g/mol. The number of aromatic nitrogens is 7. The third kappa shape index (κ3) is 4.11. The van der Waals surface area contributed by atoms with Crippen LogP contribution in [0, 0.1) is 0 Å². The molecule has 0 unspecified atom stereocenters. The predicted molar refractivity (Wildman–Crippen MR) is 137 cm³/mol. The second-order valence-electron chi connectivity index (χ2n) is 8.95. The number of likely N-dealkylation sites (N-methyl/N-ethyl adjacent to an activating group) is 1. The van der Waals surface area contributed by atoms with Crippen LogP contribution in [0.4, 0.5) is 5.69 Å². The van der Waals surface area contributed by atoms with Gasteiger partial charge in [0.15, 0.2) is 11.5 Å². The average molecular weight is 469 g/mol. The minimum absolute atomic E-state index is 0.691. The third-order valence-corrected chi connectivity index (χ3v) is 6.56. The van der Waals surface area contributed by atoms with E-state index >= 15 is 0 Å². The van der Waals surface area contributed by atoms with Crippen LogP contribution >= 0.6 is 0 Å². The van der Waals surface area contributed by atoms with Gasteiger partial charge in [-0.1, -0.05) is 6.92 Å². The smallest absolute Gasteiger partial charge is 0.180 e. The molecule has 5 aromatic rings. The Balaban J connectivity index is 1.38. The van der Waals surface area contributed by atoms with Crippen molar-refractivity contribution in [2.75, 3.05) is 44.7 Å². The van der Waals surface area contributed by atoms with Crippen LogP contribution in [0.25, 0.3) is 44.8 Å². The van der Waals surface area contributed by atoms with Gasteiger partial charge < -0.3 is 20.1 Å². The molecule has 178 valence electrons. The summed E-state index contributed by atoms with van der Waals surface area (Å²) in [4.78, 5) is 26.6. The van der Waals surface area contributed by atoms with Gasteiger partial charge in [-0.2, -0.15) is 5.10 Å². The number of anilines is 1. The maximum absolute atomic E-state index is 4.80. The number of pyridine rings is 3. The molecule has 10 heteroatoms. The molecule has 0 spiro atoms. The van der Waals surface area contributed by atoms with Gasteiger partial charge in [-0.25, -0.2) is 9.97 Å². The van der Waals surface area contributed by atoms with Crippen LogP contribution in [0.15, 0.2) is 43.0 Å². The molecule has 0 atom stereocenters. The lowest BCUT2D eigenvalue weighted by molar-refractivity contribution is 0.313. The van der Waals surface area contributed by atoms with Crippen molar-refractivity contribution in [1.82, 2.24) is 45.3 Å². The van der Waals surface area contributed by atoms with Crippen molar-refractivity contribution < 1.29 is 0 Å². The van der Waals surface area contributed by atoms with Crippen molar-refractivity contribution in [2.24, 2.45) is 0 Å². The Hall–Kier alpha value is -3.89. The summed E-state index contributed by atoms with van der Waals surface area (Å²) >= 11 is 0. The van der Waals surface area contributed by atoms with Crippen molar-refractivity contribution in [1.29, 1.82) is 0 Å². The van der Waals surface area contributed by atoms with Gasteiger partial charge in [0.05, 0.1) is 23.1 Å². The first kappa shape index (κ1) is 21.6. The van der Waals surface area contributed by atoms with Gasteiger partial charge in [0, 0.05) is 62.3 Å². The summed E-state index contributed by atoms with van der Waals surface area (Å²) < 4.78 is 0. The maximum Gasteiger partial charge on any atom is 0.180 e. The summed E-state index contributed by atoms with van der Waals surface area (Å²) in [5.74, 6) is 0.691. The Morgan fingerprint density at radius 3 is 2.80 bits per heavy atom. The molecule has 1 aliphatic rings. The summed E-state index contributed by atoms with van der Waals surface area (Å²) in [7, 11) is 2.16. The number of hydrogen-bond acceptors (Lipinski definition) is 8. The number of nitrogens with zero attached hydrogens (tertiary/aromatic N) is 7. The highest BCUT2D eigenvalue weighted by atomic mass is 15.3. The van der Waals surface area contributed by atoms with E-state index in [2.05, 4.69) is 71.4 Å². The van der Waals surface area contributed by atoms with E-state index in [9.17, 15) is 0 Å². The van der Waals surface area contributed by atoms with E-state index in [0.29, 0.717) is 11.5 Å². The molecule has 0 aromatic carbocycles. The molecular formula is C25H28N10. The van der Waals surface area contributed by atoms with E-state index in [1.165, 1.54) is 0 Å². The number of fused-ring (bicyclic) bond motifs is 2. The van der Waals surface area contributed by atoms with Gasteiger partial charge >= 0.3 is 0 Å². The standard InChI is InChI=1S/C25H28N10/c1-3-26-12-16-10-17(14-27-13-16)19-11-18-20(15-29-19)32-33-22(18)25-30-23-21(4-5-28-24(23)31-25)35-8-6-34(2)7-9-35/h4-5,10-11,13-15,26H,3,6-9,12H2,1-2H3,(H,32,33)(H,28,30,31). The Bertz CT molecular complexity index is 1480. The van der Waals surface area contributed by atoms with E-state index in [1.807, 2.05) is 30.9 Å². The molecule has 5 aromatic heterocycles. The fraction of sp³-hybridized carbons (Fsp3) is 0.320. The van der Waals surface area contributed by atoms with E-state index in [0.717, 1.165) is 83.9 Å². The van der Waals surface area contributed by atoms with Crippen LogP contribution in [0.3, 0.4) is 0 Å². The molecule has 0 saturated carbocycles. The summed E-state index contributed by atoms with van der Waals surface area (Å²) in [5.41, 5.74) is 7.32. The number of imidazole rings is 1. The first-order chi connectivity index (χ1) is 17.2. The summed E-state index contributed by atoms with van der Waals surface area (Å²) in [5, 5.41) is 12.0. The molecule has 35 heavy (non-hydrogen) atoms. The van der Waals surface area contributed by atoms with Gasteiger partial charge in [0.1, 0.15) is 11.2 Å². The van der Waals surface area contributed by atoms with Crippen molar-refractivity contribution >= 4 is 27.8 Å². The molecule has 6 heterocycles. The van der Waals surface area contributed by atoms with Crippen LogP contribution in [-0.4, -0.2) is 79.8 Å². The van der Waals surface area contributed by atoms with Crippen molar-refractivity contribution in [2.45, 2.75) is 13.5 Å². The molecule has 1 saturated heterocycles. The number of H-pyrrole nitrogens is 2. The largest absolute Gasteiger partial charge is 0.367 e. The third-order valence-electron chi connectivity index (χ3n) is 6.56. The van der Waals surface area contributed by atoms with Crippen molar-refractivity contribution in [3.63, 3.8) is 0 Å². The van der Waals surface area contributed by atoms with Crippen LogP contribution in [0.2, 0.25) is 0 Å². The van der Waals surface area contributed by atoms with Crippen LogP contribution in [0.5, 0.6) is 0 Å². The second kappa shape index (κ2) is 9.05. The molecule has 1 aliphatic heterocycles. The molecule has 0 radical (unpaired) electrons. The highest BCUT2D eigenvalue weighted by molar-refractivity contribution is 5.95. The zero-order valence-corrected chi connectivity index (χ0v) is 19.9. The lowest BCUT2D eigenvalue weighted by Crippen LogP contribution is -2.44. The minimum atomic E-state index is 0.691. The first-order valence-electron chi connectivity index (χ1n) is 12.0. The number of hydrogen-bond donors (Lipinski definition) is 3. The average Bonchev–Trinajstić information content (AvgIpc) is 3.51. The first-order valence-corrected chi connectivity index (χ1v) is 12.0. The number of nitrogens with one attached hydrogen (secondary N) is 3. The molecule has 10 nitrogen and oxygen atoms in total. The van der Waals surface area contributed by atoms with Crippen LogP contribution in [0.1, 0.15) is 12.5 Å². The number of rotatable bonds is 6. The highest BCUT2D eigenvalue weighted by Gasteiger charge is 2.20. The highest BCUT2D eigenvalue weighted by Crippen LogP contribution is 2.31. The van der Waals surface area contributed by atoms with Gasteiger partial charge in [-0.15, -0.1) is 0 Å². The van der Waals surface area contributed by atoms with Gasteiger partial charge in [0.25, 0.3) is 0 Å². The normalized spacial score (nSPS) is 14.9. The lowest BCUT2D eigenvalue weighted by Gasteiger charge is -2.34. The predicted octanol–water partition coefficient (Wildman–Crippen LogP) is 2.82. The number of piperazine rings is 1. The minimum Gasteiger partial charge on any atom is -0.367 e. The molecule has 0 aliphatic carbocycles. The van der Waals surface area contributed by atoms with Crippen molar-refractivity contribution in [3.8, 4) is 22.8 Å². The van der Waals surface area contributed by atoms with Gasteiger partial charge in [0.2, 0.25) is 0 Å². The fourth-order valence-electron chi connectivity index (χ4n) is 4.57. The zero-order valence-electron chi connectivity index (χ0n) is 19.9. The quantitative estimate of drug-likeness (QED) is 0.349. The van der Waals surface area contributed by atoms with E-state index in [-0.39, 0.29) is 0 Å². The molecule has 3 N–H and O–H groups in total. The Kier molecular flexibility index (Phi) is 5.59. The van der Waals surface area contributed by atoms with E-state index in [1.54, 1.807) is 0 Å². The Morgan fingerprint density at radius 2 is 1.94 bits per heavy atom. The molecular weight excluding hydrogens is 440 g/mol. The van der Waals surface area contributed by atoms with E-state index < -0.39 is 0 Å². The topological polar surface area (TPSA) is 115 Å². The molecule has 6 rings (SSSR count). The zero-order chi connectivity index (χ0) is 23.8. The fourth-order valence-corrected chi connectivity index (χ4v) is 4.57. The molecule has 0 amide bonds. The van der Waals surface area contributed by atoms with Crippen molar-refractivity contribution in [3.05, 3.63) is 48.5 Å². The molecule has 0 bridgehead atoms. The van der Waals surface area contributed by atoms with E-state index in [4.69, 9.17) is 4.98 Å². The molecule has 1 fully saturated rings. The summed E-state index contributed by atoms with van der Waals surface area (Å²) in [6, 6.07) is 6.23. The Morgan fingerprint density at radius 1 is 1.06 bits per heavy atom.